The Bertz CT molecular complexity index is 380. The maximum Gasteiger partial charge on any atom is 0.246 e. The van der Waals surface area contributed by atoms with Gasteiger partial charge in [-0.2, -0.15) is 0 Å². The van der Waals surface area contributed by atoms with Crippen molar-refractivity contribution < 1.29 is 9.59 Å². The molecule has 0 aromatic heterocycles. The summed E-state index contributed by atoms with van der Waals surface area (Å²) in [5, 5.41) is 2.96. The third-order valence-corrected chi connectivity index (χ3v) is 3.88. The lowest BCUT2D eigenvalue weighted by atomic mass is 9.82. The molecule has 4 nitrogen and oxygen atoms in total. The second-order valence-electron chi connectivity index (χ2n) is 7.48. The van der Waals surface area contributed by atoms with Crippen molar-refractivity contribution in [2.45, 2.75) is 59.5 Å². The van der Waals surface area contributed by atoms with Gasteiger partial charge in [0.1, 0.15) is 12.1 Å². The van der Waals surface area contributed by atoms with Crippen LogP contribution in [0.1, 0.15) is 47.5 Å². The summed E-state index contributed by atoms with van der Waals surface area (Å²) in [5.41, 5.74) is -0.233. The van der Waals surface area contributed by atoms with Crippen LogP contribution in [0.25, 0.3) is 0 Å². The summed E-state index contributed by atoms with van der Waals surface area (Å²) in [5.74, 6) is 0.881. The molecule has 1 N–H and O–H groups in total. The van der Waals surface area contributed by atoms with Crippen LogP contribution in [-0.4, -0.2) is 35.3 Å². The van der Waals surface area contributed by atoms with E-state index in [9.17, 15) is 9.59 Å². The first-order chi connectivity index (χ1) is 8.71. The largest absolute Gasteiger partial charge is 0.342 e. The SMILES string of the molecule is CC(C)CN1C(=O)C(C2CC2)NC(=O)C1C(C)(C)C. The summed E-state index contributed by atoms with van der Waals surface area (Å²) >= 11 is 0. The van der Waals surface area contributed by atoms with Gasteiger partial charge < -0.3 is 10.2 Å². The van der Waals surface area contributed by atoms with Gasteiger partial charge in [0.05, 0.1) is 0 Å². The Labute approximate surface area is 115 Å². The van der Waals surface area contributed by atoms with E-state index in [4.69, 9.17) is 0 Å². The maximum atomic E-state index is 12.7. The smallest absolute Gasteiger partial charge is 0.246 e. The van der Waals surface area contributed by atoms with Gasteiger partial charge in [0.15, 0.2) is 0 Å². The highest BCUT2D eigenvalue weighted by atomic mass is 16.2. The number of hydrogen-bond acceptors (Lipinski definition) is 2. The standard InChI is InChI=1S/C15H26N2O2/c1-9(2)8-17-12(15(3,4)5)13(18)16-11(14(17)19)10-6-7-10/h9-12H,6-8H2,1-5H3,(H,16,18). The monoisotopic (exact) mass is 266 g/mol. The zero-order valence-electron chi connectivity index (χ0n) is 12.7. The van der Waals surface area contributed by atoms with Crippen molar-refractivity contribution >= 4 is 11.8 Å². The van der Waals surface area contributed by atoms with Crippen molar-refractivity contribution in [3.05, 3.63) is 0 Å². The van der Waals surface area contributed by atoms with Gasteiger partial charge in [-0.25, -0.2) is 0 Å². The second kappa shape index (κ2) is 4.80. The molecular formula is C15H26N2O2. The van der Waals surface area contributed by atoms with Crippen LogP contribution in [-0.2, 0) is 9.59 Å². The van der Waals surface area contributed by atoms with Crippen LogP contribution in [0.4, 0.5) is 0 Å². The van der Waals surface area contributed by atoms with Gasteiger partial charge in [-0.3, -0.25) is 9.59 Å². The van der Waals surface area contributed by atoms with Crippen LogP contribution in [0.2, 0.25) is 0 Å². The van der Waals surface area contributed by atoms with Crippen LogP contribution in [0, 0.1) is 17.3 Å². The molecule has 2 rings (SSSR count). The molecule has 2 atom stereocenters. The minimum atomic E-state index is -0.350. The predicted molar refractivity (Wildman–Crippen MR) is 74.4 cm³/mol. The van der Waals surface area contributed by atoms with Crippen molar-refractivity contribution in [1.82, 2.24) is 10.2 Å². The fourth-order valence-electron chi connectivity index (χ4n) is 2.94. The number of carbonyl (C=O) groups is 2. The fraction of sp³-hybridized carbons (Fsp3) is 0.867. The summed E-state index contributed by atoms with van der Waals surface area (Å²) in [7, 11) is 0. The Morgan fingerprint density at radius 1 is 1.26 bits per heavy atom. The maximum absolute atomic E-state index is 12.7. The van der Waals surface area contributed by atoms with Gasteiger partial charge in [0.25, 0.3) is 0 Å². The Morgan fingerprint density at radius 3 is 2.26 bits per heavy atom. The highest BCUT2D eigenvalue weighted by Gasteiger charge is 2.50. The molecule has 1 heterocycles. The zero-order valence-corrected chi connectivity index (χ0v) is 12.7. The third-order valence-electron chi connectivity index (χ3n) is 3.88. The van der Waals surface area contributed by atoms with E-state index in [1.165, 1.54) is 0 Å². The molecule has 2 aliphatic rings. The molecule has 4 heteroatoms. The molecule has 2 amide bonds. The van der Waals surface area contributed by atoms with Crippen molar-refractivity contribution in [3.8, 4) is 0 Å². The van der Waals surface area contributed by atoms with Gasteiger partial charge >= 0.3 is 0 Å². The average Bonchev–Trinajstić information content (AvgIpc) is 3.03. The molecule has 0 aromatic rings. The van der Waals surface area contributed by atoms with Crippen LogP contribution in [0.5, 0.6) is 0 Å². The summed E-state index contributed by atoms with van der Waals surface area (Å²) < 4.78 is 0. The van der Waals surface area contributed by atoms with E-state index in [2.05, 4.69) is 19.2 Å². The number of nitrogens with zero attached hydrogens (tertiary/aromatic N) is 1. The highest BCUT2D eigenvalue weighted by Crippen LogP contribution is 2.37. The molecule has 0 spiro atoms. The zero-order chi connectivity index (χ0) is 14.4. The summed E-state index contributed by atoms with van der Waals surface area (Å²) in [6.45, 7) is 10.9. The fourth-order valence-corrected chi connectivity index (χ4v) is 2.94. The molecule has 1 aliphatic carbocycles. The molecular weight excluding hydrogens is 240 g/mol. The number of amides is 2. The Kier molecular flexibility index (Phi) is 3.63. The van der Waals surface area contributed by atoms with E-state index < -0.39 is 0 Å². The van der Waals surface area contributed by atoms with Crippen molar-refractivity contribution in [2.75, 3.05) is 6.54 Å². The lowest BCUT2D eigenvalue weighted by Crippen LogP contribution is -2.67. The number of carbonyl (C=O) groups excluding carboxylic acids is 2. The van der Waals surface area contributed by atoms with E-state index in [1.54, 1.807) is 0 Å². The van der Waals surface area contributed by atoms with Crippen LogP contribution < -0.4 is 5.32 Å². The van der Waals surface area contributed by atoms with E-state index >= 15 is 0 Å². The highest BCUT2D eigenvalue weighted by molar-refractivity contribution is 5.97. The first-order valence-corrected chi connectivity index (χ1v) is 7.32. The Morgan fingerprint density at radius 2 is 1.84 bits per heavy atom. The first-order valence-electron chi connectivity index (χ1n) is 7.32. The Hall–Kier alpha value is -1.06. The van der Waals surface area contributed by atoms with Crippen LogP contribution >= 0.6 is 0 Å². The molecule has 0 aromatic carbocycles. The van der Waals surface area contributed by atoms with Gasteiger partial charge in [-0.15, -0.1) is 0 Å². The molecule has 2 unspecified atom stereocenters. The molecule has 0 radical (unpaired) electrons. The predicted octanol–water partition coefficient (Wildman–Crippen LogP) is 1.79. The Balaban J connectivity index is 2.26. The third kappa shape index (κ3) is 2.93. The molecule has 1 saturated carbocycles. The van der Waals surface area contributed by atoms with E-state index in [0.29, 0.717) is 18.4 Å². The van der Waals surface area contributed by atoms with Crippen molar-refractivity contribution in [1.29, 1.82) is 0 Å². The lowest BCUT2D eigenvalue weighted by molar-refractivity contribution is -0.155. The van der Waals surface area contributed by atoms with Crippen LogP contribution in [0.3, 0.4) is 0 Å². The minimum absolute atomic E-state index is 0.0182. The van der Waals surface area contributed by atoms with Gasteiger partial charge in [-0.05, 0) is 30.1 Å². The number of piperazine rings is 1. The minimum Gasteiger partial charge on any atom is -0.342 e. The summed E-state index contributed by atoms with van der Waals surface area (Å²) in [6.07, 6.45) is 2.12. The van der Waals surface area contributed by atoms with Crippen molar-refractivity contribution in [2.24, 2.45) is 17.3 Å². The molecule has 2 fully saturated rings. The first kappa shape index (κ1) is 14.4. The normalized spacial score (nSPS) is 28.8. The summed E-state index contributed by atoms with van der Waals surface area (Å²) in [6, 6.07) is -0.623. The number of rotatable bonds is 3. The van der Waals surface area contributed by atoms with Crippen molar-refractivity contribution in [3.63, 3.8) is 0 Å². The van der Waals surface area contributed by atoms with E-state index in [0.717, 1.165) is 12.8 Å². The molecule has 1 aliphatic heterocycles. The van der Waals surface area contributed by atoms with E-state index in [1.807, 2.05) is 25.7 Å². The number of hydrogen-bond donors (Lipinski definition) is 1. The van der Waals surface area contributed by atoms with Gasteiger partial charge in [0.2, 0.25) is 11.8 Å². The van der Waals surface area contributed by atoms with Crippen LogP contribution in [0.15, 0.2) is 0 Å². The second-order valence-corrected chi connectivity index (χ2v) is 7.48. The topological polar surface area (TPSA) is 49.4 Å². The van der Waals surface area contributed by atoms with Gasteiger partial charge in [-0.1, -0.05) is 34.6 Å². The quantitative estimate of drug-likeness (QED) is 0.846. The van der Waals surface area contributed by atoms with E-state index in [-0.39, 0.29) is 29.3 Å². The molecule has 0 bridgehead atoms. The van der Waals surface area contributed by atoms with Gasteiger partial charge in [0, 0.05) is 6.54 Å². The number of nitrogens with one attached hydrogen (secondary N) is 1. The average molecular weight is 266 g/mol. The molecule has 1 saturated heterocycles. The summed E-state index contributed by atoms with van der Waals surface area (Å²) in [4.78, 5) is 26.9. The lowest BCUT2D eigenvalue weighted by Gasteiger charge is -2.45. The molecule has 108 valence electrons. The molecule has 19 heavy (non-hydrogen) atoms.